The molecule has 1 fully saturated rings. The Bertz CT molecular complexity index is 487. The lowest BCUT2D eigenvalue weighted by molar-refractivity contribution is 0.0950. The Morgan fingerprint density at radius 3 is 2.67 bits per heavy atom. The fourth-order valence-corrected chi connectivity index (χ4v) is 2.62. The molecule has 2 rings (SSSR count). The summed E-state index contributed by atoms with van der Waals surface area (Å²) in [6, 6.07) is 3.76. The van der Waals surface area contributed by atoms with Gasteiger partial charge in [0.2, 0.25) is 0 Å². The maximum atomic E-state index is 12.3. The van der Waals surface area contributed by atoms with Crippen LogP contribution in [-0.2, 0) is 6.42 Å². The van der Waals surface area contributed by atoms with E-state index in [4.69, 9.17) is 0 Å². The van der Waals surface area contributed by atoms with Crippen molar-refractivity contribution in [3.63, 3.8) is 0 Å². The van der Waals surface area contributed by atoms with Crippen LogP contribution in [0.25, 0.3) is 0 Å². The van der Waals surface area contributed by atoms with Gasteiger partial charge < -0.3 is 10.6 Å². The number of hydrogen-bond donors (Lipinski definition) is 2. The Balaban J connectivity index is 2.04. The molecule has 0 aromatic carbocycles. The number of amides is 1. The Hall–Kier alpha value is -1.58. The van der Waals surface area contributed by atoms with Crippen molar-refractivity contribution < 1.29 is 4.79 Å². The first-order chi connectivity index (χ1) is 9.96. The highest BCUT2D eigenvalue weighted by Gasteiger charge is 2.45. The van der Waals surface area contributed by atoms with Crippen molar-refractivity contribution in [3.05, 3.63) is 23.4 Å². The zero-order valence-electron chi connectivity index (χ0n) is 13.6. The summed E-state index contributed by atoms with van der Waals surface area (Å²) in [6.07, 6.45) is 3.13. The van der Waals surface area contributed by atoms with E-state index in [-0.39, 0.29) is 5.91 Å². The number of aromatic nitrogens is 1. The highest BCUT2D eigenvalue weighted by Crippen LogP contribution is 2.50. The normalized spacial score (nSPS) is 19.1. The molecule has 0 saturated heterocycles. The molecule has 2 N–H and O–H groups in total. The highest BCUT2D eigenvalue weighted by atomic mass is 16.1. The van der Waals surface area contributed by atoms with Crippen molar-refractivity contribution in [3.8, 4) is 0 Å². The zero-order chi connectivity index (χ0) is 15.5. The van der Waals surface area contributed by atoms with Crippen molar-refractivity contribution in [2.75, 3.05) is 18.4 Å². The molecule has 4 heteroatoms. The van der Waals surface area contributed by atoms with Crippen molar-refractivity contribution >= 4 is 11.7 Å². The molecule has 1 aromatic rings. The van der Waals surface area contributed by atoms with Crippen LogP contribution in [0.15, 0.2) is 12.1 Å². The van der Waals surface area contributed by atoms with Crippen LogP contribution in [0.4, 0.5) is 5.82 Å². The van der Waals surface area contributed by atoms with Gasteiger partial charge in [0, 0.05) is 24.3 Å². The van der Waals surface area contributed by atoms with E-state index in [9.17, 15) is 4.79 Å². The topological polar surface area (TPSA) is 54.0 Å². The number of anilines is 1. The average molecular weight is 289 g/mol. The summed E-state index contributed by atoms with van der Waals surface area (Å²) in [7, 11) is 0. The molecule has 1 saturated carbocycles. The van der Waals surface area contributed by atoms with Gasteiger partial charge in [0.15, 0.2) is 0 Å². The maximum Gasteiger partial charge on any atom is 0.251 e. The van der Waals surface area contributed by atoms with E-state index in [0.29, 0.717) is 16.9 Å². The van der Waals surface area contributed by atoms with Crippen LogP contribution in [0.2, 0.25) is 0 Å². The molecule has 116 valence electrons. The number of carbonyl (C=O) groups excluding carboxylic acids is 1. The van der Waals surface area contributed by atoms with E-state index < -0.39 is 0 Å². The minimum absolute atomic E-state index is 0.0107. The molecule has 1 aromatic heterocycles. The lowest BCUT2D eigenvalue weighted by Gasteiger charge is -2.10. The molecule has 21 heavy (non-hydrogen) atoms. The first-order valence-corrected chi connectivity index (χ1v) is 7.99. The summed E-state index contributed by atoms with van der Waals surface area (Å²) < 4.78 is 0. The molecule has 1 aliphatic rings. The Morgan fingerprint density at radius 1 is 1.38 bits per heavy atom. The zero-order valence-corrected chi connectivity index (χ0v) is 13.6. The lowest BCUT2D eigenvalue weighted by atomic mass is 10.1. The second-order valence-corrected chi connectivity index (χ2v) is 6.61. The van der Waals surface area contributed by atoms with E-state index in [2.05, 4.69) is 36.4 Å². The highest BCUT2D eigenvalue weighted by molar-refractivity contribution is 5.95. The minimum Gasteiger partial charge on any atom is -0.370 e. The van der Waals surface area contributed by atoms with Crippen molar-refractivity contribution in [2.24, 2.45) is 11.3 Å². The molecule has 0 radical (unpaired) electrons. The summed E-state index contributed by atoms with van der Waals surface area (Å²) in [6.45, 7) is 10.2. The van der Waals surface area contributed by atoms with Gasteiger partial charge in [0.25, 0.3) is 5.91 Å². The second-order valence-electron chi connectivity index (χ2n) is 6.61. The quantitative estimate of drug-likeness (QED) is 0.810. The van der Waals surface area contributed by atoms with Gasteiger partial charge in [-0.1, -0.05) is 27.2 Å². The molecule has 4 nitrogen and oxygen atoms in total. The number of hydrogen-bond acceptors (Lipinski definition) is 3. The molecule has 1 amide bonds. The molecular formula is C17H27N3O. The number of nitrogens with zero attached hydrogens (tertiary/aromatic N) is 1. The van der Waals surface area contributed by atoms with Gasteiger partial charge in [-0.25, -0.2) is 4.98 Å². The van der Waals surface area contributed by atoms with Gasteiger partial charge in [0.05, 0.1) is 0 Å². The van der Waals surface area contributed by atoms with Crippen LogP contribution in [0.1, 0.15) is 56.6 Å². The predicted octanol–water partition coefficient (Wildman–Crippen LogP) is 3.24. The second kappa shape index (κ2) is 6.46. The van der Waals surface area contributed by atoms with E-state index in [0.717, 1.165) is 37.4 Å². The summed E-state index contributed by atoms with van der Waals surface area (Å²) in [5, 5.41) is 6.26. The number of carbonyl (C=O) groups is 1. The van der Waals surface area contributed by atoms with E-state index in [1.807, 2.05) is 19.1 Å². The SMILES string of the molecule is CCCc1cc(C(=O)NCC2CC2(C)C)cc(NCC)n1. The lowest BCUT2D eigenvalue weighted by Crippen LogP contribution is -2.27. The van der Waals surface area contributed by atoms with Crippen molar-refractivity contribution in [1.29, 1.82) is 0 Å². The Morgan fingerprint density at radius 2 is 2.10 bits per heavy atom. The van der Waals surface area contributed by atoms with Crippen LogP contribution in [-0.4, -0.2) is 24.0 Å². The van der Waals surface area contributed by atoms with Gasteiger partial charge in [-0.2, -0.15) is 0 Å². The van der Waals surface area contributed by atoms with Gasteiger partial charge in [-0.15, -0.1) is 0 Å². The molecule has 0 spiro atoms. The van der Waals surface area contributed by atoms with Crippen LogP contribution in [0, 0.1) is 11.3 Å². The first-order valence-electron chi connectivity index (χ1n) is 7.99. The maximum absolute atomic E-state index is 12.3. The van der Waals surface area contributed by atoms with Gasteiger partial charge in [-0.3, -0.25) is 4.79 Å². The van der Waals surface area contributed by atoms with Crippen LogP contribution >= 0.6 is 0 Å². The third-order valence-electron chi connectivity index (χ3n) is 4.23. The third-order valence-corrected chi connectivity index (χ3v) is 4.23. The molecule has 0 bridgehead atoms. The molecule has 0 aliphatic heterocycles. The van der Waals surface area contributed by atoms with Gasteiger partial charge in [-0.05, 0) is 43.2 Å². The van der Waals surface area contributed by atoms with E-state index in [1.165, 1.54) is 6.42 Å². The van der Waals surface area contributed by atoms with E-state index >= 15 is 0 Å². The molecule has 1 aliphatic carbocycles. The predicted molar refractivity (Wildman–Crippen MR) is 86.6 cm³/mol. The summed E-state index contributed by atoms with van der Waals surface area (Å²) in [5.74, 6) is 1.42. The summed E-state index contributed by atoms with van der Waals surface area (Å²) >= 11 is 0. The van der Waals surface area contributed by atoms with Crippen LogP contribution < -0.4 is 10.6 Å². The average Bonchev–Trinajstić information content (AvgIpc) is 3.04. The van der Waals surface area contributed by atoms with Gasteiger partial charge >= 0.3 is 0 Å². The van der Waals surface area contributed by atoms with Crippen LogP contribution in [0.5, 0.6) is 0 Å². The minimum atomic E-state index is 0.0107. The number of pyridine rings is 1. The van der Waals surface area contributed by atoms with E-state index in [1.54, 1.807) is 0 Å². The fourth-order valence-electron chi connectivity index (χ4n) is 2.62. The largest absolute Gasteiger partial charge is 0.370 e. The summed E-state index contributed by atoms with van der Waals surface area (Å²) in [5.41, 5.74) is 2.09. The monoisotopic (exact) mass is 289 g/mol. The molecule has 1 unspecified atom stereocenters. The molecule has 1 heterocycles. The number of nitrogens with one attached hydrogen (secondary N) is 2. The summed E-state index contributed by atoms with van der Waals surface area (Å²) in [4.78, 5) is 16.9. The molecular weight excluding hydrogens is 262 g/mol. The first kappa shape index (κ1) is 15.8. The van der Waals surface area contributed by atoms with Gasteiger partial charge in [0.1, 0.15) is 5.82 Å². The Kier molecular flexibility index (Phi) is 4.86. The van der Waals surface area contributed by atoms with Crippen molar-refractivity contribution in [1.82, 2.24) is 10.3 Å². The van der Waals surface area contributed by atoms with Crippen LogP contribution in [0.3, 0.4) is 0 Å². The molecule has 1 atom stereocenters. The van der Waals surface area contributed by atoms with Crippen molar-refractivity contribution in [2.45, 2.75) is 47.0 Å². The third kappa shape index (κ3) is 4.19. The smallest absolute Gasteiger partial charge is 0.251 e. The Labute approximate surface area is 127 Å². The standard InChI is InChI=1S/C17H27N3O/c1-5-7-14-8-12(9-15(20-14)18-6-2)16(21)19-11-13-10-17(13,3)4/h8-9,13H,5-7,10-11H2,1-4H3,(H,18,20)(H,19,21). The fraction of sp³-hybridized carbons (Fsp3) is 0.647. The number of rotatable bonds is 7. The number of aryl methyl sites for hydroxylation is 1.